The molecule has 2 aromatic carbocycles. The zero-order valence-electron chi connectivity index (χ0n) is 13.3. The Kier molecular flexibility index (Phi) is 5.71. The van der Waals surface area contributed by atoms with E-state index in [-0.39, 0.29) is 5.71 Å². The van der Waals surface area contributed by atoms with Gasteiger partial charge in [-0.1, -0.05) is 48.9 Å². The number of hydrogen-bond acceptors (Lipinski definition) is 4. The van der Waals surface area contributed by atoms with E-state index in [1.807, 2.05) is 25.1 Å². The third-order valence-electron chi connectivity index (χ3n) is 3.54. The molecule has 0 aliphatic rings. The smallest absolute Gasteiger partial charge is 0.271 e. The molecule has 0 unspecified atom stereocenters. The first-order chi connectivity index (χ1) is 11.5. The molecular weight excluding hydrogens is 324 g/mol. The molecule has 0 saturated carbocycles. The van der Waals surface area contributed by atoms with Crippen LogP contribution in [0, 0.1) is 10.8 Å². The molecule has 0 aliphatic heterocycles. The predicted molar refractivity (Wildman–Crippen MR) is 99.2 cm³/mol. The molecule has 24 heavy (non-hydrogen) atoms. The number of anilines is 1. The van der Waals surface area contributed by atoms with E-state index in [1.165, 1.54) is 0 Å². The lowest BCUT2D eigenvalue weighted by atomic mass is 9.96. The summed E-state index contributed by atoms with van der Waals surface area (Å²) in [5.74, 6) is -0.571. The van der Waals surface area contributed by atoms with Crippen molar-refractivity contribution in [2.24, 2.45) is 0 Å². The third kappa shape index (κ3) is 3.81. The van der Waals surface area contributed by atoms with Gasteiger partial charge in [0.05, 0.1) is 5.71 Å². The minimum atomic E-state index is -0.571. The highest BCUT2D eigenvalue weighted by Crippen LogP contribution is 2.29. The summed E-state index contributed by atoms with van der Waals surface area (Å²) in [6.07, 6.45) is 0.764. The van der Waals surface area contributed by atoms with E-state index in [2.05, 4.69) is 5.32 Å². The number of hydrogen-bond donors (Lipinski definition) is 4. The molecule has 0 aromatic heterocycles. The lowest BCUT2D eigenvalue weighted by molar-refractivity contribution is -0.114. The van der Waals surface area contributed by atoms with Crippen molar-refractivity contribution in [1.29, 1.82) is 10.8 Å². The van der Waals surface area contributed by atoms with Gasteiger partial charge in [0, 0.05) is 28.4 Å². The van der Waals surface area contributed by atoms with E-state index in [1.54, 1.807) is 24.3 Å². The van der Waals surface area contributed by atoms with Crippen LogP contribution in [-0.2, 0) is 4.79 Å². The van der Waals surface area contributed by atoms with E-state index in [4.69, 9.17) is 28.2 Å². The van der Waals surface area contributed by atoms with Gasteiger partial charge in [0.25, 0.3) is 5.91 Å². The fraction of sp³-hybridized carbons (Fsp3) is 0.167. The van der Waals surface area contributed by atoms with Crippen molar-refractivity contribution in [3.05, 3.63) is 53.1 Å². The quantitative estimate of drug-likeness (QED) is 0.476. The number of carbonyl (C=O) groups excluding carboxylic acids is 1. The largest absolute Gasteiger partial charge is 0.398 e. The predicted octanol–water partition coefficient (Wildman–Crippen LogP) is 3.50. The highest BCUT2D eigenvalue weighted by molar-refractivity contribution is 6.68. The second kappa shape index (κ2) is 7.75. The van der Waals surface area contributed by atoms with Crippen molar-refractivity contribution in [3.63, 3.8) is 0 Å². The normalized spacial score (nSPS) is 10.2. The monoisotopic (exact) mass is 342 g/mol. The summed E-state index contributed by atoms with van der Waals surface area (Å²) in [4.78, 5) is 11.9. The lowest BCUT2D eigenvalue weighted by Gasteiger charge is -2.13. The van der Waals surface area contributed by atoms with Crippen LogP contribution in [0.4, 0.5) is 5.69 Å². The lowest BCUT2D eigenvalue weighted by Crippen LogP contribution is -2.36. The molecule has 2 rings (SSSR count). The highest BCUT2D eigenvalue weighted by Gasteiger charge is 2.19. The van der Waals surface area contributed by atoms with E-state index >= 15 is 0 Å². The van der Waals surface area contributed by atoms with Crippen molar-refractivity contribution in [1.82, 2.24) is 5.32 Å². The number of amides is 1. The van der Waals surface area contributed by atoms with Crippen LogP contribution in [0.1, 0.15) is 18.9 Å². The molecule has 0 radical (unpaired) electrons. The topological polar surface area (TPSA) is 103 Å². The van der Waals surface area contributed by atoms with Gasteiger partial charge in [-0.2, -0.15) is 0 Å². The molecule has 0 atom stereocenters. The van der Waals surface area contributed by atoms with Crippen molar-refractivity contribution < 1.29 is 4.79 Å². The summed E-state index contributed by atoms with van der Waals surface area (Å²) in [6.45, 7) is 2.39. The maximum Gasteiger partial charge on any atom is 0.271 e. The fourth-order valence-electron chi connectivity index (χ4n) is 2.24. The molecule has 0 fully saturated rings. The Morgan fingerprint density at radius 3 is 2.46 bits per heavy atom. The van der Waals surface area contributed by atoms with E-state index < -0.39 is 11.6 Å². The number of nitrogens with one attached hydrogen (secondary N) is 3. The first-order valence-electron chi connectivity index (χ1n) is 7.56. The maximum atomic E-state index is 11.9. The van der Waals surface area contributed by atoms with Crippen molar-refractivity contribution in [3.8, 4) is 11.1 Å². The molecule has 2 aromatic rings. The van der Waals surface area contributed by atoms with E-state index in [9.17, 15) is 4.79 Å². The van der Waals surface area contributed by atoms with Crippen molar-refractivity contribution in [2.75, 3.05) is 12.3 Å². The van der Waals surface area contributed by atoms with Gasteiger partial charge in [-0.05, 0) is 24.1 Å². The van der Waals surface area contributed by atoms with Gasteiger partial charge in [-0.3, -0.25) is 15.6 Å². The van der Waals surface area contributed by atoms with Crippen LogP contribution in [0.25, 0.3) is 11.1 Å². The first kappa shape index (κ1) is 17.7. The van der Waals surface area contributed by atoms with Crippen LogP contribution in [0.2, 0.25) is 5.02 Å². The minimum Gasteiger partial charge on any atom is -0.398 e. The average molecular weight is 343 g/mol. The summed E-state index contributed by atoms with van der Waals surface area (Å²) in [7, 11) is 0. The fourth-order valence-corrected chi connectivity index (χ4v) is 2.37. The molecule has 0 saturated heterocycles. The molecule has 0 spiro atoms. The molecule has 0 heterocycles. The first-order valence-corrected chi connectivity index (χ1v) is 7.94. The van der Waals surface area contributed by atoms with Gasteiger partial charge in [0.15, 0.2) is 0 Å². The van der Waals surface area contributed by atoms with Gasteiger partial charge in [0.2, 0.25) is 0 Å². The molecule has 6 heteroatoms. The summed E-state index contributed by atoms with van der Waals surface area (Å²) >= 11 is 5.90. The summed E-state index contributed by atoms with van der Waals surface area (Å²) < 4.78 is 0. The SMILES string of the molecule is CCCNC(=O)C(=N)C(=N)c1cccc(-c2ccc(Cl)cc2)c1N. The molecule has 1 amide bonds. The number of carbonyl (C=O) groups is 1. The summed E-state index contributed by atoms with van der Waals surface area (Å²) in [5, 5.41) is 19.3. The Hall–Kier alpha value is -2.66. The van der Waals surface area contributed by atoms with E-state index in [0.29, 0.717) is 22.8 Å². The second-order valence-corrected chi connectivity index (χ2v) is 5.72. The molecular formula is C18H19ClN4O. The Balaban J connectivity index is 2.33. The molecule has 5 N–H and O–H groups in total. The summed E-state index contributed by atoms with van der Waals surface area (Å²) in [6, 6.07) is 12.4. The van der Waals surface area contributed by atoms with Gasteiger partial charge in [0.1, 0.15) is 5.71 Å². The molecule has 5 nitrogen and oxygen atoms in total. The molecule has 0 bridgehead atoms. The van der Waals surface area contributed by atoms with E-state index in [0.717, 1.165) is 17.5 Å². The number of nitrogens with two attached hydrogens (primary N) is 1. The zero-order valence-corrected chi connectivity index (χ0v) is 14.1. The number of nitrogen functional groups attached to an aromatic ring is 1. The van der Waals surface area contributed by atoms with Gasteiger partial charge >= 0.3 is 0 Å². The Morgan fingerprint density at radius 1 is 1.17 bits per heavy atom. The molecule has 0 aliphatic carbocycles. The van der Waals surface area contributed by atoms with Crippen molar-refractivity contribution in [2.45, 2.75) is 13.3 Å². The van der Waals surface area contributed by atoms with Crippen LogP contribution in [0.15, 0.2) is 42.5 Å². The van der Waals surface area contributed by atoms with Crippen LogP contribution < -0.4 is 11.1 Å². The molecule has 124 valence electrons. The van der Waals surface area contributed by atoms with Crippen molar-refractivity contribution >= 4 is 34.6 Å². The van der Waals surface area contributed by atoms with Crippen LogP contribution in [0.3, 0.4) is 0 Å². The number of halogens is 1. The van der Waals surface area contributed by atoms with Gasteiger partial charge in [-0.15, -0.1) is 0 Å². The number of benzene rings is 2. The van der Waals surface area contributed by atoms with Crippen LogP contribution >= 0.6 is 11.6 Å². The third-order valence-corrected chi connectivity index (χ3v) is 3.80. The van der Waals surface area contributed by atoms with Crippen LogP contribution in [-0.4, -0.2) is 23.9 Å². The highest BCUT2D eigenvalue weighted by atomic mass is 35.5. The Labute approximate surface area is 145 Å². The average Bonchev–Trinajstić information content (AvgIpc) is 2.59. The second-order valence-electron chi connectivity index (χ2n) is 5.28. The van der Waals surface area contributed by atoms with Crippen LogP contribution in [0.5, 0.6) is 0 Å². The number of para-hydroxylation sites is 1. The minimum absolute atomic E-state index is 0.197. The zero-order chi connectivity index (χ0) is 17.7. The Bertz CT molecular complexity index is 784. The number of rotatable bonds is 6. The standard InChI is InChI=1S/C18H19ClN4O/c1-2-10-23-18(24)17(22)16(21)14-5-3-4-13(15(14)20)11-6-8-12(19)9-7-11/h3-9,21-22H,2,10,20H2,1H3,(H,23,24). The summed E-state index contributed by atoms with van der Waals surface area (Å²) in [5.41, 5.74) is 7.90. The maximum absolute atomic E-state index is 11.9. The van der Waals surface area contributed by atoms with Gasteiger partial charge in [-0.25, -0.2) is 0 Å². The Morgan fingerprint density at radius 2 is 1.83 bits per heavy atom. The van der Waals surface area contributed by atoms with Gasteiger partial charge < -0.3 is 11.1 Å².